The number of ether oxygens (including phenoxy) is 1. The molecule has 2 unspecified atom stereocenters. The fourth-order valence-corrected chi connectivity index (χ4v) is 5.67. The van der Waals surface area contributed by atoms with Crippen LogP contribution in [0.3, 0.4) is 0 Å². The maximum absolute atomic E-state index is 12.2. The van der Waals surface area contributed by atoms with Crippen molar-refractivity contribution in [1.82, 2.24) is 9.55 Å². The lowest BCUT2D eigenvalue weighted by Crippen LogP contribution is -2.33. The molecule has 0 amide bonds. The third kappa shape index (κ3) is 8.61. The van der Waals surface area contributed by atoms with Crippen molar-refractivity contribution >= 4 is 23.5 Å². The van der Waals surface area contributed by atoms with Crippen molar-refractivity contribution in [3.63, 3.8) is 0 Å². The first kappa shape index (κ1) is 28.7. The van der Waals surface area contributed by atoms with Gasteiger partial charge in [0.15, 0.2) is 0 Å². The highest BCUT2D eigenvalue weighted by Gasteiger charge is 2.43. The standard InChI is InChI=1S/C13H20N3O15P3/c14-29-9-5-11(16-6-8(3-1-2-4-17)12(18)15-13(16)19)28-10(9)7-27-33(23,24)31-34(25,26)30-32(20,21)22/h6,9-11,17H,2,4-5,7,14H2,(H,23,24)(H,25,26)(H,15,18,19)(H2,20,21,22)/t9-,10-,11-/m1/s1. The first-order valence-electron chi connectivity index (χ1n) is 8.91. The summed E-state index contributed by atoms with van der Waals surface area (Å²) in [7, 11) is -16.7. The topological polar surface area (TPSA) is 279 Å². The van der Waals surface area contributed by atoms with Crippen LogP contribution in [0.4, 0.5) is 0 Å². The number of hydrogen-bond donors (Lipinski definition) is 7. The molecule has 8 N–H and O–H groups in total. The molecule has 1 fully saturated rings. The van der Waals surface area contributed by atoms with Crippen molar-refractivity contribution in [2.45, 2.75) is 31.3 Å². The van der Waals surface area contributed by atoms with Crippen LogP contribution >= 0.6 is 23.5 Å². The van der Waals surface area contributed by atoms with Crippen molar-refractivity contribution in [2.24, 2.45) is 5.90 Å². The summed E-state index contributed by atoms with van der Waals surface area (Å²) in [4.78, 5) is 66.5. The highest BCUT2D eigenvalue weighted by molar-refractivity contribution is 7.66. The van der Waals surface area contributed by atoms with E-state index in [2.05, 4.69) is 29.8 Å². The third-order valence-corrected chi connectivity index (χ3v) is 7.71. The van der Waals surface area contributed by atoms with Crippen molar-refractivity contribution in [3.05, 3.63) is 32.6 Å². The highest BCUT2D eigenvalue weighted by Crippen LogP contribution is 2.66. The molecule has 1 aliphatic heterocycles. The van der Waals surface area contributed by atoms with Crippen LogP contribution < -0.4 is 17.1 Å². The van der Waals surface area contributed by atoms with E-state index in [0.717, 1.165) is 10.8 Å². The Labute approximate surface area is 189 Å². The number of phosphoric acid groups is 3. The lowest BCUT2D eigenvalue weighted by molar-refractivity contribution is -0.0618. The molecule has 0 spiro atoms. The van der Waals surface area contributed by atoms with E-state index in [4.69, 9.17) is 30.4 Å². The molecule has 21 heteroatoms. The molecule has 0 bridgehead atoms. The van der Waals surface area contributed by atoms with E-state index in [1.165, 1.54) is 0 Å². The lowest BCUT2D eigenvalue weighted by Gasteiger charge is -2.20. The molecule has 5 atom stereocenters. The van der Waals surface area contributed by atoms with Gasteiger partial charge in [0.1, 0.15) is 24.0 Å². The van der Waals surface area contributed by atoms with Crippen molar-refractivity contribution in [3.8, 4) is 11.8 Å². The van der Waals surface area contributed by atoms with Crippen molar-refractivity contribution < 1.29 is 61.1 Å². The van der Waals surface area contributed by atoms with E-state index in [9.17, 15) is 28.2 Å². The average molecular weight is 551 g/mol. The number of aromatic nitrogens is 2. The predicted octanol–water partition coefficient (Wildman–Crippen LogP) is -1.84. The van der Waals surface area contributed by atoms with Gasteiger partial charge in [-0.15, -0.1) is 0 Å². The van der Waals surface area contributed by atoms with Gasteiger partial charge < -0.3 is 29.4 Å². The Hall–Kier alpha value is -1.51. The zero-order chi connectivity index (χ0) is 25.7. The first-order chi connectivity index (χ1) is 15.7. The number of nitrogens with zero attached hydrogens (tertiary/aromatic N) is 1. The largest absolute Gasteiger partial charge is 0.490 e. The van der Waals surface area contributed by atoms with Crippen LogP contribution in [0.1, 0.15) is 24.6 Å². The van der Waals surface area contributed by atoms with Crippen molar-refractivity contribution in [1.29, 1.82) is 0 Å². The van der Waals surface area contributed by atoms with Gasteiger partial charge in [-0.3, -0.25) is 23.7 Å². The second-order valence-corrected chi connectivity index (χ2v) is 10.8. The monoisotopic (exact) mass is 551 g/mol. The molecule has 2 rings (SSSR count). The Morgan fingerprint density at radius 2 is 1.85 bits per heavy atom. The van der Waals surface area contributed by atoms with Gasteiger partial charge in [-0.1, -0.05) is 11.8 Å². The zero-order valence-electron chi connectivity index (χ0n) is 16.8. The fourth-order valence-electron chi connectivity index (χ4n) is 2.64. The van der Waals surface area contributed by atoms with Crippen LogP contribution in [-0.4, -0.2) is 59.7 Å². The quantitative estimate of drug-likeness (QED) is 0.0955. The minimum Gasteiger partial charge on any atom is -0.395 e. The Kier molecular flexibility index (Phi) is 9.70. The van der Waals surface area contributed by atoms with E-state index in [1.807, 2.05) is 4.98 Å². The molecule has 1 aliphatic rings. The van der Waals surface area contributed by atoms with Gasteiger partial charge in [0.25, 0.3) is 5.56 Å². The summed E-state index contributed by atoms with van der Waals surface area (Å²) in [5, 5.41) is 8.77. The highest BCUT2D eigenvalue weighted by atomic mass is 31.3. The molecular weight excluding hydrogens is 531 g/mol. The maximum atomic E-state index is 12.2. The van der Waals surface area contributed by atoms with Gasteiger partial charge >= 0.3 is 29.2 Å². The van der Waals surface area contributed by atoms with E-state index < -0.39 is 59.8 Å². The number of phosphoric ester groups is 1. The third-order valence-electron chi connectivity index (χ3n) is 3.91. The van der Waals surface area contributed by atoms with E-state index >= 15 is 0 Å². The van der Waals surface area contributed by atoms with E-state index in [-0.39, 0.29) is 25.0 Å². The number of nitrogens with one attached hydrogen (secondary N) is 1. The Balaban J connectivity index is 2.14. The molecule has 0 aliphatic carbocycles. The van der Waals surface area contributed by atoms with Crippen LogP contribution in [0.25, 0.3) is 0 Å². The minimum atomic E-state index is -5.71. The number of aromatic amines is 1. The minimum absolute atomic E-state index is 0.0737. The molecule has 18 nitrogen and oxygen atoms in total. The van der Waals surface area contributed by atoms with Gasteiger partial charge in [0.05, 0.1) is 13.2 Å². The summed E-state index contributed by atoms with van der Waals surface area (Å²) < 4.78 is 52.0. The van der Waals surface area contributed by atoms with Gasteiger partial charge in [0.2, 0.25) is 0 Å². The predicted molar refractivity (Wildman–Crippen MR) is 107 cm³/mol. The van der Waals surface area contributed by atoms with Crippen LogP contribution in [0, 0.1) is 11.8 Å². The van der Waals surface area contributed by atoms with E-state index in [1.54, 1.807) is 0 Å². The molecule has 192 valence electrons. The number of H-pyrrole nitrogens is 1. The molecule has 0 saturated carbocycles. The number of hydrogen-bond acceptors (Lipinski definition) is 12. The van der Waals surface area contributed by atoms with Crippen LogP contribution in [0.5, 0.6) is 0 Å². The molecule has 0 radical (unpaired) electrons. The SMILES string of the molecule is NO[C@@H]1C[C@H](n2cc(C#CCCO)c(=O)[nH]c2=O)O[C@@H]1COP(=O)(O)OP(=O)(O)OP(=O)(O)O. The summed E-state index contributed by atoms with van der Waals surface area (Å²) in [5.41, 5.74) is -1.81. The van der Waals surface area contributed by atoms with Gasteiger partial charge in [-0.25, -0.2) is 24.4 Å². The van der Waals surface area contributed by atoms with Crippen LogP contribution in [-0.2, 0) is 36.4 Å². The summed E-state index contributed by atoms with van der Waals surface area (Å²) in [5.74, 6) is 10.1. The molecule has 1 saturated heterocycles. The number of aliphatic hydroxyl groups excluding tert-OH is 1. The fraction of sp³-hybridized carbons (Fsp3) is 0.538. The molecule has 1 aromatic heterocycles. The molecule has 2 heterocycles. The molecule has 34 heavy (non-hydrogen) atoms. The number of rotatable bonds is 10. The summed E-state index contributed by atoms with van der Waals surface area (Å²) in [6.45, 7) is -1.12. The van der Waals surface area contributed by atoms with Gasteiger partial charge in [-0.05, 0) is 0 Å². The molecular formula is C13H20N3O15P3. The lowest BCUT2D eigenvalue weighted by atomic mass is 10.2. The van der Waals surface area contributed by atoms with Crippen LogP contribution in [0.2, 0.25) is 0 Å². The van der Waals surface area contributed by atoms with E-state index in [0.29, 0.717) is 0 Å². The van der Waals surface area contributed by atoms with Crippen molar-refractivity contribution in [2.75, 3.05) is 13.2 Å². The normalized spacial score (nSPS) is 24.1. The average Bonchev–Trinajstić information content (AvgIpc) is 3.08. The summed E-state index contributed by atoms with van der Waals surface area (Å²) in [6.07, 6.45) is -2.43. The number of nitrogens with two attached hydrogens (primary N) is 1. The van der Waals surface area contributed by atoms with Crippen LogP contribution in [0.15, 0.2) is 15.8 Å². The maximum Gasteiger partial charge on any atom is 0.490 e. The van der Waals surface area contributed by atoms with Gasteiger partial charge in [0, 0.05) is 19.0 Å². The summed E-state index contributed by atoms with van der Waals surface area (Å²) in [6, 6.07) is 0. The Morgan fingerprint density at radius 3 is 2.44 bits per heavy atom. The molecule has 0 aromatic carbocycles. The summed E-state index contributed by atoms with van der Waals surface area (Å²) >= 11 is 0. The Morgan fingerprint density at radius 1 is 1.18 bits per heavy atom. The van der Waals surface area contributed by atoms with Gasteiger partial charge in [-0.2, -0.15) is 8.62 Å². The number of aliphatic hydroxyl groups is 1. The smallest absolute Gasteiger partial charge is 0.395 e. The molecule has 1 aromatic rings. The second kappa shape index (κ2) is 11.5. The first-order valence-corrected chi connectivity index (χ1v) is 13.4. The Bertz CT molecular complexity index is 1200. The second-order valence-electron chi connectivity index (χ2n) is 6.41. The zero-order valence-corrected chi connectivity index (χ0v) is 19.5.